The Morgan fingerprint density at radius 1 is 1.44 bits per heavy atom. The minimum Gasteiger partial charge on any atom is -0.373 e. The zero-order valence-electron chi connectivity index (χ0n) is 11.8. The van der Waals surface area contributed by atoms with E-state index in [1.807, 2.05) is 7.05 Å². The first-order valence-electron chi connectivity index (χ1n) is 6.60. The number of aromatic nitrogens is 2. The Bertz CT molecular complexity index is 404. The molecule has 2 rings (SSSR count). The summed E-state index contributed by atoms with van der Waals surface area (Å²) < 4.78 is 0. The van der Waals surface area contributed by atoms with Crippen LogP contribution in [0.15, 0.2) is 6.33 Å². The average molecular weight is 249 g/mol. The van der Waals surface area contributed by atoms with E-state index in [2.05, 4.69) is 46.1 Å². The number of nitrogens with one attached hydrogen (secondary N) is 1. The predicted octanol–water partition coefficient (Wildman–Crippen LogP) is 1.22. The van der Waals surface area contributed by atoms with Crippen molar-refractivity contribution >= 4 is 11.6 Å². The van der Waals surface area contributed by atoms with Gasteiger partial charge < -0.3 is 15.1 Å². The lowest BCUT2D eigenvalue weighted by atomic mass is 10.2. The monoisotopic (exact) mass is 249 g/mol. The number of likely N-dealkylation sites (N-methyl/N-ethyl adjacent to an activating group) is 1. The van der Waals surface area contributed by atoms with Crippen molar-refractivity contribution in [2.24, 2.45) is 0 Å². The molecule has 0 aromatic carbocycles. The minimum absolute atomic E-state index is 0.628. The first-order chi connectivity index (χ1) is 8.67. The number of rotatable bonds is 4. The van der Waals surface area contributed by atoms with E-state index < -0.39 is 0 Å². The van der Waals surface area contributed by atoms with Crippen LogP contribution in [0.5, 0.6) is 0 Å². The predicted molar refractivity (Wildman–Crippen MR) is 75.3 cm³/mol. The molecule has 0 aliphatic carbocycles. The van der Waals surface area contributed by atoms with Crippen LogP contribution >= 0.6 is 0 Å². The lowest BCUT2D eigenvalue weighted by Crippen LogP contribution is -2.32. The standard InChI is InChI=1S/C13H23N5/c1-5-11-12(14-2)15-9-16-13(11)18-7-6-10(8-18)17(3)4/h9-10H,5-8H2,1-4H3,(H,14,15,16). The molecule has 0 saturated carbocycles. The quantitative estimate of drug-likeness (QED) is 0.869. The molecule has 1 fully saturated rings. The molecule has 1 atom stereocenters. The maximum Gasteiger partial charge on any atom is 0.137 e. The van der Waals surface area contributed by atoms with E-state index >= 15 is 0 Å². The fourth-order valence-corrected chi connectivity index (χ4v) is 2.57. The summed E-state index contributed by atoms with van der Waals surface area (Å²) in [4.78, 5) is 13.5. The highest BCUT2D eigenvalue weighted by Gasteiger charge is 2.26. The maximum absolute atomic E-state index is 4.49. The maximum atomic E-state index is 4.49. The van der Waals surface area contributed by atoms with E-state index in [9.17, 15) is 0 Å². The van der Waals surface area contributed by atoms with E-state index in [0.29, 0.717) is 6.04 Å². The molecule has 2 heterocycles. The van der Waals surface area contributed by atoms with Crippen molar-refractivity contribution < 1.29 is 0 Å². The van der Waals surface area contributed by atoms with Gasteiger partial charge in [0.2, 0.25) is 0 Å². The molecular weight excluding hydrogens is 226 g/mol. The molecule has 1 aliphatic rings. The average Bonchev–Trinajstić information content (AvgIpc) is 2.87. The largest absolute Gasteiger partial charge is 0.373 e. The van der Waals surface area contributed by atoms with Gasteiger partial charge >= 0.3 is 0 Å². The molecule has 1 N–H and O–H groups in total. The molecule has 1 aliphatic heterocycles. The lowest BCUT2D eigenvalue weighted by molar-refractivity contribution is 0.315. The lowest BCUT2D eigenvalue weighted by Gasteiger charge is -2.23. The molecule has 100 valence electrons. The highest BCUT2D eigenvalue weighted by atomic mass is 15.3. The highest BCUT2D eigenvalue weighted by Crippen LogP contribution is 2.27. The molecule has 0 amide bonds. The molecular formula is C13H23N5. The zero-order chi connectivity index (χ0) is 13.1. The van der Waals surface area contributed by atoms with Crippen molar-refractivity contribution in [3.05, 3.63) is 11.9 Å². The Hall–Kier alpha value is -1.36. The Labute approximate surface area is 109 Å². The van der Waals surface area contributed by atoms with Crippen molar-refractivity contribution in [3.63, 3.8) is 0 Å². The summed E-state index contributed by atoms with van der Waals surface area (Å²) in [6.45, 7) is 4.29. The van der Waals surface area contributed by atoms with Crippen LogP contribution in [0.3, 0.4) is 0 Å². The normalized spacial score (nSPS) is 19.6. The smallest absolute Gasteiger partial charge is 0.137 e. The van der Waals surface area contributed by atoms with Gasteiger partial charge in [0.05, 0.1) is 0 Å². The van der Waals surface area contributed by atoms with Crippen LogP contribution in [0, 0.1) is 0 Å². The second-order valence-corrected chi connectivity index (χ2v) is 4.98. The number of anilines is 2. The molecule has 1 aromatic rings. The van der Waals surface area contributed by atoms with Crippen molar-refractivity contribution in [2.75, 3.05) is 44.4 Å². The van der Waals surface area contributed by atoms with Crippen molar-refractivity contribution in [1.82, 2.24) is 14.9 Å². The molecule has 5 heteroatoms. The van der Waals surface area contributed by atoms with Crippen molar-refractivity contribution in [3.8, 4) is 0 Å². The van der Waals surface area contributed by atoms with Gasteiger partial charge in [0.15, 0.2) is 0 Å². The van der Waals surface area contributed by atoms with Crippen molar-refractivity contribution in [1.29, 1.82) is 0 Å². The van der Waals surface area contributed by atoms with Gasteiger partial charge in [0, 0.05) is 31.7 Å². The summed E-state index contributed by atoms with van der Waals surface area (Å²) in [7, 11) is 6.21. The summed E-state index contributed by atoms with van der Waals surface area (Å²) >= 11 is 0. The van der Waals surface area contributed by atoms with Gasteiger partial charge in [-0.15, -0.1) is 0 Å². The van der Waals surface area contributed by atoms with Crippen molar-refractivity contribution in [2.45, 2.75) is 25.8 Å². The second-order valence-electron chi connectivity index (χ2n) is 4.98. The summed E-state index contributed by atoms with van der Waals surface area (Å²) in [5, 5.41) is 3.16. The molecule has 1 unspecified atom stereocenters. The molecule has 0 spiro atoms. The van der Waals surface area contributed by atoms with E-state index in [0.717, 1.165) is 31.1 Å². The van der Waals surface area contributed by atoms with Gasteiger partial charge in [0.1, 0.15) is 18.0 Å². The van der Waals surface area contributed by atoms with Crippen LogP contribution in [-0.2, 0) is 6.42 Å². The summed E-state index contributed by atoms with van der Waals surface area (Å²) in [6.07, 6.45) is 3.81. The Balaban J connectivity index is 2.24. The summed E-state index contributed by atoms with van der Waals surface area (Å²) in [5.74, 6) is 2.05. The molecule has 0 bridgehead atoms. The zero-order valence-corrected chi connectivity index (χ0v) is 11.8. The molecule has 5 nitrogen and oxygen atoms in total. The molecule has 1 aromatic heterocycles. The van der Waals surface area contributed by atoms with Gasteiger partial charge in [-0.2, -0.15) is 0 Å². The molecule has 1 saturated heterocycles. The molecule has 0 radical (unpaired) electrons. The van der Waals surface area contributed by atoms with E-state index in [1.165, 1.54) is 12.0 Å². The topological polar surface area (TPSA) is 44.3 Å². The van der Waals surface area contributed by atoms with Crippen LogP contribution < -0.4 is 10.2 Å². The Kier molecular flexibility index (Phi) is 4.01. The fraction of sp³-hybridized carbons (Fsp3) is 0.692. The fourth-order valence-electron chi connectivity index (χ4n) is 2.57. The van der Waals surface area contributed by atoms with E-state index in [4.69, 9.17) is 0 Å². The highest BCUT2D eigenvalue weighted by molar-refractivity contribution is 5.59. The summed E-state index contributed by atoms with van der Waals surface area (Å²) in [5.41, 5.74) is 1.22. The third-order valence-electron chi connectivity index (χ3n) is 3.71. The van der Waals surface area contributed by atoms with Gasteiger partial charge in [0.25, 0.3) is 0 Å². The van der Waals surface area contributed by atoms with Gasteiger partial charge in [-0.25, -0.2) is 9.97 Å². The van der Waals surface area contributed by atoms with Gasteiger partial charge in [-0.05, 0) is 26.9 Å². The number of nitrogens with zero attached hydrogens (tertiary/aromatic N) is 4. The number of hydrogen-bond acceptors (Lipinski definition) is 5. The first kappa shape index (κ1) is 13.1. The number of hydrogen-bond donors (Lipinski definition) is 1. The van der Waals surface area contributed by atoms with Crippen LogP contribution in [0.2, 0.25) is 0 Å². The minimum atomic E-state index is 0.628. The van der Waals surface area contributed by atoms with Crippen LogP contribution in [0.25, 0.3) is 0 Å². The third kappa shape index (κ3) is 2.41. The molecule has 18 heavy (non-hydrogen) atoms. The Morgan fingerprint density at radius 2 is 2.22 bits per heavy atom. The van der Waals surface area contributed by atoms with Crippen LogP contribution in [-0.4, -0.2) is 55.1 Å². The summed E-state index contributed by atoms with van der Waals surface area (Å²) in [6, 6.07) is 0.628. The first-order valence-corrected chi connectivity index (χ1v) is 6.60. The second kappa shape index (κ2) is 5.52. The van der Waals surface area contributed by atoms with E-state index in [-0.39, 0.29) is 0 Å². The van der Waals surface area contributed by atoms with Crippen LogP contribution in [0.4, 0.5) is 11.6 Å². The van der Waals surface area contributed by atoms with Crippen LogP contribution in [0.1, 0.15) is 18.9 Å². The van der Waals surface area contributed by atoms with Gasteiger partial charge in [-0.1, -0.05) is 6.92 Å². The Morgan fingerprint density at radius 3 is 2.78 bits per heavy atom. The van der Waals surface area contributed by atoms with Gasteiger partial charge in [-0.3, -0.25) is 0 Å². The SMILES string of the molecule is CCc1c(NC)ncnc1N1CCC(N(C)C)C1. The third-order valence-corrected chi connectivity index (χ3v) is 3.71. The van der Waals surface area contributed by atoms with E-state index in [1.54, 1.807) is 6.33 Å².